The van der Waals surface area contributed by atoms with Gasteiger partial charge in [-0.1, -0.05) is 55.4 Å². The van der Waals surface area contributed by atoms with E-state index in [4.69, 9.17) is 0 Å². The maximum absolute atomic E-state index is 4.63. The molecule has 26 heavy (non-hydrogen) atoms. The Morgan fingerprint density at radius 1 is 1.00 bits per heavy atom. The van der Waals surface area contributed by atoms with Gasteiger partial charge in [0.15, 0.2) is 11.3 Å². The third-order valence-electron chi connectivity index (χ3n) is 3.87. The molecule has 0 spiro atoms. The van der Waals surface area contributed by atoms with Gasteiger partial charge in [-0.25, -0.2) is 0 Å². The number of hydrogen-bond acceptors (Lipinski definition) is 7. The molecule has 8 nitrogen and oxygen atoms in total. The lowest BCUT2D eigenvalue weighted by molar-refractivity contribution is 0.554. The van der Waals surface area contributed by atoms with Crippen LogP contribution in [-0.4, -0.2) is 29.2 Å². The zero-order chi connectivity index (χ0) is 19.3. The van der Waals surface area contributed by atoms with Crippen LogP contribution in [0, 0.1) is 0 Å². The Labute approximate surface area is 157 Å². The largest absolute Gasteiger partial charge is 0.323 e. The van der Waals surface area contributed by atoms with Gasteiger partial charge in [0.05, 0.1) is 5.69 Å². The predicted octanol–water partition coefficient (Wildman–Crippen LogP) is 5.04. The highest BCUT2D eigenvalue weighted by atomic mass is 32.1. The second-order valence-corrected chi connectivity index (χ2v) is 9.53. The van der Waals surface area contributed by atoms with Crippen molar-refractivity contribution >= 4 is 28.0 Å². The van der Waals surface area contributed by atoms with E-state index in [9.17, 15) is 0 Å². The molecule has 3 aromatic rings. The molecule has 0 bridgehead atoms. The van der Waals surface area contributed by atoms with Gasteiger partial charge in [0.25, 0.3) is 0 Å². The lowest BCUT2D eigenvalue weighted by Gasteiger charge is -2.15. The van der Waals surface area contributed by atoms with Crippen molar-refractivity contribution in [3.05, 3.63) is 17.3 Å². The summed E-state index contributed by atoms with van der Waals surface area (Å²) in [5.74, 6) is 1.92. The minimum Gasteiger partial charge on any atom is -0.323 e. The first-order valence-corrected chi connectivity index (χ1v) is 9.49. The maximum atomic E-state index is 4.63. The van der Waals surface area contributed by atoms with Crippen LogP contribution in [0.3, 0.4) is 0 Å². The fourth-order valence-electron chi connectivity index (χ4n) is 2.34. The molecule has 0 aromatic carbocycles. The molecule has 3 rings (SSSR count). The van der Waals surface area contributed by atoms with Gasteiger partial charge in [-0.05, 0) is 0 Å². The van der Waals surface area contributed by atoms with E-state index >= 15 is 0 Å². The molecular formula is C17H26N8S. The normalized spacial score (nSPS) is 13.6. The summed E-state index contributed by atoms with van der Waals surface area (Å²) in [5.41, 5.74) is 2.00. The van der Waals surface area contributed by atoms with Crippen molar-refractivity contribution in [2.45, 2.75) is 72.1 Å². The zero-order valence-corrected chi connectivity index (χ0v) is 17.4. The summed E-state index contributed by atoms with van der Waals surface area (Å²) in [5, 5.41) is 18.5. The number of fused-ring (bicyclic) bond motifs is 1. The standard InChI is InChI=1S/C17H26N8S/c1-9(2)12-18-13-10(11(16(3,4)5)22-25(13)23-12)20-21-15-19-14(24-26-15)17(6,7)8/h9H,1-8H3,(H,18,23). The second kappa shape index (κ2) is 6.22. The van der Waals surface area contributed by atoms with Crippen LogP contribution in [0.15, 0.2) is 10.2 Å². The quantitative estimate of drug-likeness (QED) is 0.649. The van der Waals surface area contributed by atoms with E-state index in [0.29, 0.717) is 10.8 Å². The molecule has 3 aromatic heterocycles. The third kappa shape index (κ3) is 3.53. The zero-order valence-electron chi connectivity index (χ0n) is 16.6. The summed E-state index contributed by atoms with van der Waals surface area (Å²) >= 11 is 1.25. The average Bonchev–Trinajstić information content (AvgIpc) is 3.17. The summed E-state index contributed by atoms with van der Waals surface area (Å²) in [7, 11) is 0. The SMILES string of the molecule is CC(C)c1nn2nc(C(C)(C)C)c(N=Nc3nc(C(C)(C)C)ns3)c2[nH]1. The number of aromatic nitrogens is 6. The molecule has 140 valence electrons. The first-order chi connectivity index (χ1) is 12.0. The predicted molar refractivity (Wildman–Crippen MR) is 103 cm³/mol. The molecule has 0 fully saturated rings. The summed E-state index contributed by atoms with van der Waals surface area (Å²) in [6.07, 6.45) is 0. The Morgan fingerprint density at radius 2 is 1.69 bits per heavy atom. The fraction of sp³-hybridized carbons (Fsp3) is 0.647. The molecule has 3 heterocycles. The summed E-state index contributed by atoms with van der Waals surface area (Å²) in [4.78, 5) is 7.81. The summed E-state index contributed by atoms with van der Waals surface area (Å²) in [6.45, 7) is 16.7. The molecule has 0 amide bonds. The van der Waals surface area contributed by atoms with Crippen molar-refractivity contribution in [3.63, 3.8) is 0 Å². The van der Waals surface area contributed by atoms with E-state index in [2.05, 4.69) is 90.2 Å². The third-order valence-corrected chi connectivity index (χ3v) is 4.47. The first-order valence-electron chi connectivity index (χ1n) is 8.72. The van der Waals surface area contributed by atoms with E-state index in [1.54, 1.807) is 4.63 Å². The fourth-order valence-corrected chi connectivity index (χ4v) is 3.03. The van der Waals surface area contributed by atoms with Gasteiger partial charge in [-0.15, -0.1) is 20.0 Å². The van der Waals surface area contributed by atoms with E-state index in [1.807, 2.05) is 0 Å². The molecule has 0 saturated heterocycles. The minimum atomic E-state index is -0.182. The Balaban J connectivity index is 2.05. The number of azo groups is 1. The van der Waals surface area contributed by atoms with Gasteiger partial charge in [-0.2, -0.15) is 14.5 Å². The van der Waals surface area contributed by atoms with E-state index in [0.717, 1.165) is 23.0 Å². The Hall–Kier alpha value is -2.16. The number of nitrogens with zero attached hydrogens (tertiary/aromatic N) is 7. The second-order valence-electron chi connectivity index (χ2n) is 8.80. The lowest BCUT2D eigenvalue weighted by atomic mass is 9.91. The number of hydrogen-bond donors (Lipinski definition) is 1. The Bertz CT molecular complexity index is 946. The number of rotatable bonds is 3. The van der Waals surface area contributed by atoms with Crippen LogP contribution in [0.25, 0.3) is 5.65 Å². The van der Waals surface area contributed by atoms with Gasteiger partial charge >= 0.3 is 0 Å². The highest BCUT2D eigenvalue weighted by Crippen LogP contribution is 2.35. The number of aromatic amines is 1. The van der Waals surface area contributed by atoms with E-state index < -0.39 is 0 Å². The molecule has 0 atom stereocenters. The highest BCUT2D eigenvalue weighted by Gasteiger charge is 2.27. The summed E-state index contributed by atoms with van der Waals surface area (Å²) < 4.78 is 6.00. The Kier molecular flexibility index (Phi) is 4.46. The van der Waals surface area contributed by atoms with Gasteiger partial charge in [0, 0.05) is 28.3 Å². The summed E-state index contributed by atoms with van der Waals surface area (Å²) in [6, 6.07) is 0. The van der Waals surface area contributed by atoms with Crippen LogP contribution in [0.4, 0.5) is 10.8 Å². The van der Waals surface area contributed by atoms with Gasteiger partial charge < -0.3 is 4.98 Å². The average molecular weight is 375 g/mol. The molecular weight excluding hydrogens is 348 g/mol. The topological polar surface area (TPSA) is 96.5 Å². The monoisotopic (exact) mass is 374 g/mol. The van der Waals surface area contributed by atoms with Crippen molar-refractivity contribution in [1.82, 2.24) is 29.2 Å². The van der Waals surface area contributed by atoms with Crippen LogP contribution in [0.1, 0.15) is 78.7 Å². The minimum absolute atomic E-state index is 0.110. The number of nitrogens with one attached hydrogen (secondary N) is 1. The van der Waals surface area contributed by atoms with Crippen LogP contribution in [0.2, 0.25) is 0 Å². The Morgan fingerprint density at radius 3 is 2.23 bits per heavy atom. The van der Waals surface area contributed by atoms with Crippen LogP contribution in [0.5, 0.6) is 0 Å². The maximum Gasteiger partial charge on any atom is 0.249 e. The molecule has 0 aliphatic carbocycles. The smallest absolute Gasteiger partial charge is 0.249 e. The van der Waals surface area contributed by atoms with Crippen molar-refractivity contribution in [1.29, 1.82) is 0 Å². The molecule has 0 aliphatic rings. The van der Waals surface area contributed by atoms with Gasteiger partial charge in [0.1, 0.15) is 11.6 Å². The molecule has 0 unspecified atom stereocenters. The molecule has 1 N–H and O–H groups in total. The van der Waals surface area contributed by atoms with E-state index in [-0.39, 0.29) is 16.7 Å². The molecule has 0 radical (unpaired) electrons. The molecule has 0 saturated carbocycles. The van der Waals surface area contributed by atoms with Crippen molar-refractivity contribution in [2.24, 2.45) is 10.2 Å². The van der Waals surface area contributed by atoms with Crippen molar-refractivity contribution in [2.75, 3.05) is 0 Å². The van der Waals surface area contributed by atoms with Crippen molar-refractivity contribution in [3.8, 4) is 0 Å². The lowest BCUT2D eigenvalue weighted by Crippen LogP contribution is -2.13. The van der Waals surface area contributed by atoms with Crippen LogP contribution >= 0.6 is 11.5 Å². The van der Waals surface area contributed by atoms with Crippen LogP contribution in [-0.2, 0) is 10.8 Å². The van der Waals surface area contributed by atoms with Crippen LogP contribution < -0.4 is 0 Å². The highest BCUT2D eigenvalue weighted by molar-refractivity contribution is 7.09. The molecule has 9 heteroatoms. The van der Waals surface area contributed by atoms with Gasteiger partial charge in [0.2, 0.25) is 5.13 Å². The molecule has 0 aliphatic heterocycles. The number of H-pyrrole nitrogens is 1. The van der Waals surface area contributed by atoms with E-state index in [1.165, 1.54) is 11.5 Å². The van der Waals surface area contributed by atoms with Gasteiger partial charge in [-0.3, -0.25) is 0 Å². The van der Waals surface area contributed by atoms with Crippen molar-refractivity contribution < 1.29 is 0 Å². The first kappa shape index (κ1) is 18.6.